The van der Waals surface area contributed by atoms with E-state index in [1.807, 2.05) is 0 Å². The molecule has 2 fully saturated rings. The van der Waals surface area contributed by atoms with Crippen LogP contribution in [0, 0.1) is 11.8 Å². The molecule has 22 heavy (non-hydrogen) atoms. The van der Waals surface area contributed by atoms with Gasteiger partial charge >= 0.3 is 5.97 Å². The number of likely N-dealkylation sites (tertiary alicyclic amines) is 1. The van der Waals surface area contributed by atoms with Gasteiger partial charge in [0, 0.05) is 26.1 Å². The van der Waals surface area contributed by atoms with Crippen molar-refractivity contribution in [3.63, 3.8) is 0 Å². The molecule has 0 aliphatic carbocycles. The van der Waals surface area contributed by atoms with E-state index >= 15 is 0 Å². The number of hydrogen-bond acceptors (Lipinski definition) is 6. The zero-order valence-electron chi connectivity index (χ0n) is 12.0. The van der Waals surface area contributed by atoms with Gasteiger partial charge in [0.2, 0.25) is 0 Å². The number of rotatable bonds is 2. The monoisotopic (exact) mass is 325 g/mol. The molecule has 0 unspecified atom stereocenters. The normalized spacial score (nSPS) is 24.3. The Bertz CT molecular complexity index is 786. The van der Waals surface area contributed by atoms with Crippen molar-refractivity contribution >= 4 is 29.4 Å². The van der Waals surface area contributed by atoms with E-state index in [1.54, 1.807) is 11.7 Å². The molecule has 4 heterocycles. The van der Waals surface area contributed by atoms with Gasteiger partial charge in [0.15, 0.2) is 5.65 Å². The number of esters is 1. The number of cyclic esters (lactones) is 1. The summed E-state index contributed by atoms with van der Waals surface area (Å²) in [7, 11) is 1.76. The van der Waals surface area contributed by atoms with Crippen LogP contribution in [0.3, 0.4) is 0 Å². The lowest BCUT2D eigenvalue weighted by Crippen LogP contribution is -2.26. The van der Waals surface area contributed by atoms with Gasteiger partial charge < -0.3 is 9.72 Å². The minimum absolute atomic E-state index is 0. The molecule has 1 N–H and O–H groups in total. The van der Waals surface area contributed by atoms with E-state index in [1.165, 1.54) is 6.20 Å². The predicted molar refractivity (Wildman–Crippen MR) is 79.6 cm³/mol. The Balaban J connectivity index is 0.00000144. The van der Waals surface area contributed by atoms with E-state index in [2.05, 4.69) is 20.0 Å². The highest BCUT2D eigenvalue weighted by atomic mass is 35.5. The molecular formula is C13H16ClN5O3. The Morgan fingerprint density at radius 1 is 1.41 bits per heavy atom. The summed E-state index contributed by atoms with van der Waals surface area (Å²) in [4.78, 5) is 32.9. The Morgan fingerprint density at radius 2 is 2.23 bits per heavy atom. The van der Waals surface area contributed by atoms with Crippen molar-refractivity contribution in [3.8, 4) is 0 Å². The average Bonchev–Trinajstić information content (AvgIpc) is 3.09. The molecule has 2 aliphatic rings. The molecule has 0 radical (unpaired) electrons. The molecule has 0 spiro atoms. The molecule has 2 atom stereocenters. The lowest BCUT2D eigenvalue weighted by atomic mass is 10.0. The summed E-state index contributed by atoms with van der Waals surface area (Å²) in [5.74, 6) is 0.734. The zero-order valence-corrected chi connectivity index (χ0v) is 12.8. The minimum atomic E-state index is -0.179. The smallest absolute Gasteiger partial charge is 0.310 e. The van der Waals surface area contributed by atoms with Gasteiger partial charge in [0.25, 0.3) is 5.56 Å². The van der Waals surface area contributed by atoms with Gasteiger partial charge in [-0.25, -0.2) is 4.98 Å². The highest BCUT2D eigenvalue weighted by Gasteiger charge is 2.43. The van der Waals surface area contributed by atoms with Crippen LogP contribution < -0.4 is 5.56 Å². The standard InChI is InChI=1S/C13H15N5O3.ClH/c1-17-11-8(2-14-17)12(19)16-10(15-11)5-18-3-7-6-21-13(20)9(7)4-18;/h2,7,9H,3-6H2,1H3,(H,15,16,19);1H/t7-,9-;/m1./s1. The average molecular weight is 326 g/mol. The quantitative estimate of drug-likeness (QED) is 0.761. The Labute approximate surface area is 131 Å². The Kier molecular flexibility index (Phi) is 3.65. The summed E-state index contributed by atoms with van der Waals surface area (Å²) < 4.78 is 6.64. The van der Waals surface area contributed by atoms with Gasteiger partial charge in [0.1, 0.15) is 11.2 Å². The number of aromatic nitrogens is 4. The lowest BCUT2D eigenvalue weighted by molar-refractivity contribution is -0.141. The second kappa shape index (κ2) is 5.36. The van der Waals surface area contributed by atoms with Crippen LogP contribution >= 0.6 is 12.4 Å². The first-order chi connectivity index (χ1) is 10.1. The molecule has 2 aromatic heterocycles. The number of aromatic amines is 1. The first-order valence-electron chi connectivity index (χ1n) is 6.91. The second-order valence-corrected chi connectivity index (χ2v) is 5.71. The summed E-state index contributed by atoms with van der Waals surface area (Å²) in [6.45, 7) is 2.49. The van der Waals surface area contributed by atoms with Crippen LogP contribution in [0.4, 0.5) is 0 Å². The van der Waals surface area contributed by atoms with Crippen LogP contribution in [0.25, 0.3) is 11.0 Å². The number of aryl methyl sites for hydroxylation is 1. The third kappa shape index (κ3) is 2.28. The van der Waals surface area contributed by atoms with E-state index in [9.17, 15) is 9.59 Å². The molecule has 2 aliphatic heterocycles. The highest BCUT2D eigenvalue weighted by Crippen LogP contribution is 2.30. The van der Waals surface area contributed by atoms with Crippen molar-refractivity contribution in [3.05, 3.63) is 22.4 Å². The van der Waals surface area contributed by atoms with Crippen LogP contribution in [0.1, 0.15) is 5.82 Å². The van der Waals surface area contributed by atoms with Crippen molar-refractivity contribution in [2.24, 2.45) is 18.9 Å². The van der Waals surface area contributed by atoms with Gasteiger partial charge in [-0.15, -0.1) is 12.4 Å². The van der Waals surface area contributed by atoms with Crippen LogP contribution in [-0.4, -0.2) is 50.3 Å². The summed E-state index contributed by atoms with van der Waals surface area (Å²) in [5.41, 5.74) is 0.398. The van der Waals surface area contributed by atoms with Gasteiger partial charge in [-0.3, -0.25) is 19.2 Å². The fraction of sp³-hybridized carbons (Fsp3) is 0.538. The van der Waals surface area contributed by atoms with E-state index < -0.39 is 0 Å². The maximum atomic E-state index is 12.0. The zero-order chi connectivity index (χ0) is 14.6. The van der Waals surface area contributed by atoms with Gasteiger partial charge in [-0.1, -0.05) is 0 Å². The maximum Gasteiger partial charge on any atom is 0.310 e. The number of halogens is 1. The predicted octanol–water partition coefficient (Wildman–Crippen LogP) is -0.317. The Hall–Kier alpha value is -1.93. The molecule has 8 nitrogen and oxygen atoms in total. The van der Waals surface area contributed by atoms with Crippen molar-refractivity contribution < 1.29 is 9.53 Å². The van der Waals surface area contributed by atoms with Crippen LogP contribution in [0.15, 0.2) is 11.0 Å². The summed E-state index contributed by atoms with van der Waals surface area (Å²) >= 11 is 0. The van der Waals surface area contributed by atoms with E-state index in [0.717, 1.165) is 6.54 Å². The number of nitrogens with one attached hydrogen (secondary N) is 1. The minimum Gasteiger partial charge on any atom is -0.465 e. The SMILES string of the molecule is Cl.Cn1ncc2c(=O)[nH]c(CN3C[C@@H]4COC(=O)[C@@H]4C3)nc21. The first-order valence-corrected chi connectivity index (χ1v) is 6.91. The van der Waals surface area contributed by atoms with E-state index in [0.29, 0.717) is 36.6 Å². The van der Waals surface area contributed by atoms with Gasteiger partial charge in [0.05, 0.1) is 25.3 Å². The molecule has 0 aromatic carbocycles. The number of nitrogens with zero attached hydrogens (tertiary/aromatic N) is 4. The van der Waals surface area contributed by atoms with Crippen molar-refractivity contribution in [1.82, 2.24) is 24.6 Å². The molecule has 4 rings (SSSR count). The lowest BCUT2D eigenvalue weighted by Gasteiger charge is -2.15. The van der Waals surface area contributed by atoms with Crippen LogP contribution in [-0.2, 0) is 23.1 Å². The number of carbonyl (C=O) groups excluding carboxylic acids is 1. The number of hydrogen-bond donors (Lipinski definition) is 1. The van der Waals surface area contributed by atoms with E-state index in [4.69, 9.17) is 4.74 Å². The van der Waals surface area contributed by atoms with Crippen molar-refractivity contribution in [2.75, 3.05) is 19.7 Å². The first kappa shape index (κ1) is 15.0. The maximum absolute atomic E-state index is 12.0. The molecule has 0 saturated carbocycles. The van der Waals surface area contributed by atoms with Crippen molar-refractivity contribution in [2.45, 2.75) is 6.54 Å². The third-order valence-electron chi connectivity index (χ3n) is 4.28. The number of H-pyrrole nitrogens is 1. The molecule has 2 saturated heterocycles. The largest absolute Gasteiger partial charge is 0.465 e. The topological polar surface area (TPSA) is 93.1 Å². The molecule has 0 bridgehead atoms. The summed E-state index contributed by atoms with van der Waals surface area (Å²) in [5, 5.41) is 4.53. The fourth-order valence-electron chi connectivity index (χ4n) is 3.19. The third-order valence-corrected chi connectivity index (χ3v) is 4.28. The Morgan fingerprint density at radius 3 is 3.00 bits per heavy atom. The van der Waals surface area contributed by atoms with Crippen LogP contribution in [0.2, 0.25) is 0 Å². The molecule has 9 heteroatoms. The molecule has 0 amide bonds. The molecule has 2 aromatic rings. The number of fused-ring (bicyclic) bond motifs is 2. The van der Waals surface area contributed by atoms with Crippen molar-refractivity contribution in [1.29, 1.82) is 0 Å². The number of ether oxygens (including phenoxy) is 1. The summed E-state index contributed by atoms with van der Waals surface area (Å²) in [6.07, 6.45) is 1.52. The molecule has 118 valence electrons. The fourth-order valence-corrected chi connectivity index (χ4v) is 3.19. The summed E-state index contributed by atoms with van der Waals surface area (Å²) in [6, 6.07) is 0. The number of carbonyl (C=O) groups is 1. The van der Waals surface area contributed by atoms with Gasteiger partial charge in [-0.2, -0.15) is 5.10 Å². The molecular weight excluding hydrogens is 310 g/mol. The van der Waals surface area contributed by atoms with E-state index in [-0.39, 0.29) is 35.8 Å². The van der Waals surface area contributed by atoms with Gasteiger partial charge in [-0.05, 0) is 0 Å². The van der Waals surface area contributed by atoms with Crippen LogP contribution in [0.5, 0.6) is 0 Å². The second-order valence-electron chi connectivity index (χ2n) is 5.71. The highest BCUT2D eigenvalue weighted by molar-refractivity contribution is 5.85.